The highest BCUT2D eigenvalue weighted by atomic mass is 16.7. The molecule has 0 aliphatic carbocycles. The molecule has 0 saturated carbocycles. The third kappa shape index (κ3) is 9.63. The van der Waals surface area contributed by atoms with Crippen LogP contribution in [0.2, 0.25) is 0 Å². The van der Waals surface area contributed by atoms with Crippen LogP contribution >= 0.6 is 0 Å². The lowest BCUT2D eigenvalue weighted by Gasteiger charge is -2.50. The van der Waals surface area contributed by atoms with Crippen LogP contribution in [0.1, 0.15) is 111 Å². The van der Waals surface area contributed by atoms with E-state index in [4.69, 9.17) is 33.4 Å². The van der Waals surface area contributed by atoms with Gasteiger partial charge < -0.3 is 54.0 Å². The zero-order chi connectivity index (χ0) is 50.7. The summed E-state index contributed by atoms with van der Waals surface area (Å²) < 4.78 is 37.9. The van der Waals surface area contributed by atoms with Gasteiger partial charge in [-0.3, -0.25) is 24.2 Å². The smallest absolute Gasteiger partial charge is 0.320 e. The molecule has 0 radical (unpaired) electrons. The molecular formula is C52H70N4O13. The lowest BCUT2D eigenvalue weighted by atomic mass is 9.77. The second-order valence-electron chi connectivity index (χ2n) is 20.7. The van der Waals surface area contributed by atoms with Crippen LogP contribution in [0.4, 0.5) is 5.69 Å². The SMILES string of the molecule is CCC(C(=O)O)C(=O)O[C@H]1[C@H](C)[C@@H]2OC(C)(C)O[C@H]([C@H]2C)[C@@H](C)/C=C/C=C(/C)C(=O)N=c2c(O)c3c(O)c(C)c4c(c3c3c2=NC2(CCN(CC(C)C)CC2)N3)C(=O)[C@@](C)(O/C=C/[C@H](OC)[C@H]1C)O4. The number of aliphatic carboxylic acids is 1. The normalized spacial score (nSPS) is 32.2. The van der Waals surface area contributed by atoms with Crippen molar-refractivity contribution in [1.29, 1.82) is 0 Å². The summed E-state index contributed by atoms with van der Waals surface area (Å²) in [6.07, 6.45) is 6.48. The maximum Gasteiger partial charge on any atom is 0.320 e. The predicted molar refractivity (Wildman–Crippen MR) is 255 cm³/mol. The van der Waals surface area contributed by atoms with E-state index in [1.54, 1.807) is 52.8 Å². The number of carbonyl (C=O) groups excluding carboxylic acids is 3. The van der Waals surface area contributed by atoms with Gasteiger partial charge in [0.05, 0.1) is 41.2 Å². The highest BCUT2D eigenvalue weighted by Gasteiger charge is 2.52. The van der Waals surface area contributed by atoms with Crippen LogP contribution in [0.25, 0.3) is 10.8 Å². The number of ketones is 1. The number of carbonyl (C=O) groups is 4. The zero-order valence-corrected chi connectivity index (χ0v) is 42.2. The zero-order valence-electron chi connectivity index (χ0n) is 42.2. The van der Waals surface area contributed by atoms with Gasteiger partial charge in [0.25, 0.3) is 11.7 Å². The Morgan fingerprint density at radius 3 is 2.23 bits per heavy atom. The molecule has 4 N–H and O–H groups in total. The maximum absolute atomic E-state index is 14.9. The number of carboxylic acid groups (broad SMARTS) is 1. The largest absolute Gasteiger partial charge is 0.507 e. The lowest BCUT2D eigenvalue weighted by molar-refractivity contribution is -0.336. The van der Waals surface area contributed by atoms with Gasteiger partial charge in [0.15, 0.2) is 17.5 Å². The molecule has 8 rings (SSSR count). The Morgan fingerprint density at radius 1 is 0.942 bits per heavy atom. The van der Waals surface area contributed by atoms with E-state index in [9.17, 15) is 34.5 Å². The summed E-state index contributed by atoms with van der Waals surface area (Å²) in [5.41, 5.74) is -0.121. The molecule has 69 heavy (non-hydrogen) atoms. The van der Waals surface area contributed by atoms with Crippen LogP contribution in [0.15, 0.2) is 46.1 Å². The molecule has 2 aromatic carbocycles. The molecular weight excluding hydrogens is 889 g/mol. The number of aromatic hydroxyl groups is 2. The molecule has 1 amide bonds. The van der Waals surface area contributed by atoms with Gasteiger partial charge in [-0.05, 0) is 46.1 Å². The number of carboxylic acids is 1. The van der Waals surface area contributed by atoms with E-state index in [-0.39, 0.29) is 67.9 Å². The Balaban J connectivity index is 1.40. The lowest BCUT2D eigenvalue weighted by Crippen LogP contribution is -2.57. The molecule has 6 heterocycles. The van der Waals surface area contributed by atoms with E-state index < -0.39 is 88.8 Å². The number of methoxy groups -OCH3 is 1. The number of fused-ring (bicyclic) bond motifs is 9. The summed E-state index contributed by atoms with van der Waals surface area (Å²) in [4.78, 5) is 67.0. The second kappa shape index (κ2) is 19.4. The number of phenols is 2. The number of phenolic OH excluding ortho intramolecular Hbond substituents is 2. The van der Waals surface area contributed by atoms with E-state index in [0.29, 0.717) is 37.5 Å². The van der Waals surface area contributed by atoms with E-state index >= 15 is 0 Å². The Hall–Kier alpha value is -5.36. The molecule has 10 atom stereocenters. The van der Waals surface area contributed by atoms with Gasteiger partial charge in [0.1, 0.15) is 34.0 Å². The molecule has 7 bridgehead atoms. The van der Waals surface area contributed by atoms with E-state index in [1.807, 2.05) is 33.8 Å². The third-order valence-corrected chi connectivity index (χ3v) is 14.6. The van der Waals surface area contributed by atoms with Crippen LogP contribution < -0.4 is 20.8 Å². The number of piperidine rings is 1. The number of hydrogen-bond donors (Lipinski definition) is 4. The molecule has 376 valence electrons. The summed E-state index contributed by atoms with van der Waals surface area (Å²) in [5.74, 6) is -10.1. The number of Topliss-reactive ketones (excluding diaryl/α,β-unsaturated/α-hetero) is 1. The average Bonchev–Trinajstić information content (AvgIpc) is 3.78. The molecule has 17 heteroatoms. The van der Waals surface area contributed by atoms with Crippen molar-refractivity contribution >= 4 is 40.1 Å². The van der Waals surface area contributed by atoms with Crippen molar-refractivity contribution in [2.45, 2.75) is 144 Å². The summed E-state index contributed by atoms with van der Waals surface area (Å²) in [6, 6.07) is 0. The number of esters is 1. The number of amides is 1. The number of rotatable bonds is 7. The van der Waals surface area contributed by atoms with Crippen molar-refractivity contribution in [3.05, 3.63) is 58.0 Å². The fraction of sp³-hybridized carbons (Fsp3) is 0.615. The average molecular weight is 959 g/mol. The number of nitrogens with zero attached hydrogens (tertiary/aromatic N) is 3. The summed E-state index contributed by atoms with van der Waals surface area (Å²) in [6.45, 7) is 24.2. The van der Waals surface area contributed by atoms with Gasteiger partial charge in [-0.2, -0.15) is 0 Å². The number of benzene rings is 2. The van der Waals surface area contributed by atoms with Gasteiger partial charge in [-0.1, -0.05) is 66.7 Å². The number of hydrogen-bond acceptors (Lipinski definition) is 15. The van der Waals surface area contributed by atoms with Crippen LogP contribution in [0.3, 0.4) is 0 Å². The molecule has 2 aromatic rings. The number of allylic oxidation sites excluding steroid dienone is 2. The predicted octanol–water partition coefficient (Wildman–Crippen LogP) is 6.64. The highest BCUT2D eigenvalue weighted by Crippen LogP contribution is 2.51. The summed E-state index contributed by atoms with van der Waals surface area (Å²) >= 11 is 0. The standard InChI is InChI=1S/C52H70N4O13/c1-14-32(48(61)62)49(63)66-43-28(6)33(64-13)18-23-65-51(12)46(59)36-34-35(40(57)29(7)45(36)69-51)41(58)39(38-37(34)54-52(55-38)19-21-56(22-20-52)24-25(2)3)53-47(60)27(5)17-15-16-26(4)42-30(8)44(31(43)9)68-50(10,11)67-42/h15-18,23,25-26,28,30-33,42-44,54,57-58H,14,19-22,24H2,1-13H3,(H,61,62)/b16-15+,23-18+,27-17-,53-39?/t26-,28+,30+,31-,32?,33-,42-,43+,44+,51-/m0/s1. The quantitative estimate of drug-likeness (QED) is 0.130. The molecule has 2 saturated heterocycles. The van der Waals surface area contributed by atoms with Crippen molar-refractivity contribution < 1.29 is 62.9 Å². The third-order valence-electron chi connectivity index (χ3n) is 14.6. The first-order valence-electron chi connectivity index (χ1n) is 24.2. The first-order valence-corrected chi connectivity index (χ1v) is 24.2. The Morgan fingerprint density at radius 2 is 1.61 bits per heavy atom. The maximum atomic E-state index is 14.9. The Kier molecular flexibility index (Phi) is 14.5. The van der Waals surface area contributed by atoms with E-state index in [1.165, 1.54) is 20.3 Å². The van der Waals surface area contributed by atoms with Crippen molar-refractivity contribution in [2.24, 2.45) is 45.5 Å². The molecule has 2 fully saturated rings. The fourth-order valence-electron chi connectivity index (χ4n) is 10.8. The van der Waals surface area contributed by atoms with Crippen molar-refractivity contribution in [3.8, 4) is 17.2 Å². The van der Waals surface area contributed by atoms with E-state index in [2.05, 4.69) is 29.1 Å². The van der Waals surface area contributed by atoms with Gasteiger partial charge in [0.2, 0.25) is 0 Å². The molecule has 1 unspecified atom stereocenters. The molecule has 17 nitrogen and oxygen atoms in total. The van der Waals surface area contributed by atoms with E-state index in [0.717, 1.165) is 6.54 Å². The molecule has 6 aliphatic heterocycles. The highest BCUT2D eigenvalue weighted by molar-refractivity contribution is 6.21. The monoisotopic (exact) mass is 958 g/mol. The molecule has 1 spiro atoms. The Bertz CT molecular complexity index is 2610. The fourth-order valence-corrected chi connectivity index (χ4v) is 10.8. The number of anilines is 1. The topological polar surface area (TPSA) is 224 Å². The second-order valence-corrected chi connectivity index (χ2v) is 20.7. The van der Waals surface area contributed by atoms with Gasteiger partial charge in [0, 0.05) is 86.7 Å². The number of nitrogens with one attached hydrogen (secondary N) is 1. The first kappa shape index (κ1) is 51.5. The summed E-state index contributed by atoms with van der Waals surface area (Å²) in [7, 11) is 1.47. The minimum absolute atomic E-state index is 0.00976. The van der Waals surface area contributed by atoms with Crippen molar-refractivity contribution in [2.75, 3.05) is 32.1 Å². The van der Waals surface area contributed by atoms with Crippen molar-refractivity contribution in [1.82, 2.24) is 4.90 Å². The van der Waals surface area contributed by atoms with Gasteiger partial charge in [-0.15, -0.1) is 0 Å². The summed E-state index contributed by atoms with van der Waals surface area (Å²) in [5, 5.41) is 37.8. The van der Waals surface area contributed by atoms with Gasteiger partial charge in [-0.25, -0.2) is 4.99 Å². The molecule has 0 aromatic heterocycles. The van der Waals surface area contributed by atoms with Gasteiger partial charge >= 0.3 is 17.7 Å². The Labute approximate surface area is 403 Å². The minimum atomic E-state index is -2.00. The van der Waals surface area contributed by atoms with Crippen LogP contribution in [-0.4, -0.2) is 112 Å². The number of likely N-dealkylation sites (tertiary alicyclic amines) is 1. The van der Waals surface area contributed by atoms with Crippen LogP contribution in [0.5, 0.6) is 17.2 Å². The van der Waals surface area contributed by atoms with Crippen LogP contribution in [0, 0.1) is 42.4 Å². The van der Waals surface area contributed by atoms with Crippen LogP contribution in [-0.2, 0) is 38.1 Å². The first-order chi connectivity index (χ1) is 32.4. The molecule has 6 aliphatic rings. The number of ether oxygens (including phenoxy) is 6. The van der Waals surface area contributed by atoms with Crippen molar-refractivity contribution in [3.63, 3.8) is 0 Å². The minimum Gasteiger partial charge on any atom is -0.507 e.